The van der Waals surface area contributed by atoms with Crippen LogP contribution in [0.5, 0.6) is 0 Å². The lowest BCUT2D eigenvalue weighted by Gasteiger charge is -2.23. The number of hydrogen-bond acceptors (Lipinski definition) is 4. The number of benzene rings is 1. The Labute approximate surface area is 155 Å². The zero-order chi connectivity index (χ0) is 20.0. The smallest absolute Gasteiger partial charge is 0.368 e. The number of rotatable bonds is 5. The third-order valence-electron chi connectivity index (χ3n) is 4.74. The van der Waals surface area contributed by atoms with Crippen LogP contribution in [0, 0.1) is 10.1 Å². The van der Waals surface area contributed by atoms with E-state index in [0.29, 0.717) is 6.07 Å². The predicted molar refractivity (Wildman–Crippen MR) is 95.4 cm³/mol. The summed E-state index contributed by atoms with van der Waals surface area (Å²) in [6.07, 6.45) is 2.66. The largest absolute Gasteiger partial charge is 0.416 e. The van der Waals surface area contributed by atoms with Gasteiger partial charge in [-0.1, -0.05) is 32.1 Å². The molecule has 1 aliphatic carbocycles. The first kappa shape index (κ1) is 21.0. The fourth-order valence-electron chi connectivity index (χ4n) is 3.21. The van der Waals surface area contributed by atoms with Crippen LogP contribution in [0.3, 0.4) is 0 Å². The van der Waals surface area contributed by atoms with Gasteiger partial charge in [-0.2, -0.15) is 13.2 Å². The highest BCUT2D eigenvalue weighted by atomic mass is 19.4. The lowest BCUT2D eigenvalue weighted by Crippen LogP contribution is -2.43. The molecule has 0 spiro atoms. The van der Waals surface area contributed by atoms with Gasteiger partial charge in [-0.25, -0.2) is 0 Å². The van der Waals surface area contributed by atoms with Crippen molar-refractivity contribution in [2.45, 2.75) is 70.1 Å². The number of carbonyl (C=O) groups is 1. The molecule has 2 rings (SSSR count). The van der Waals surface area contributed by atoms with E-state index in [9.17, 15) is 28.1 Å². The SMILES string of the molecule is C[C@@H](Nc1ccc(C(F)(F)F)cc1[N+](=O)[O-])C(=O)NC1CCCCCCC1. The van der Waals surface area contributed by atoms with Crippen LogP contribution in [-0.2, 0) is 11.0 Å². The third kappa shape index (κ3) is 6.11. The first-order valence-corrected chi connectivity index (χ1v) is 9.11. The fraction of sp³-hybridized carbons (Fsp3) is 0.611. The average molecular weight is 387 g/mol. The summed E-state index contributed by atoms with van der Waals surface area (Å²) in [5.74, 6) is -0.324. The number of anilines is 1. The Kier molecular flexibility index (Phi) is 7.04. The molecule has 6 nitrogen and oxygen atoms in total. The minimum Gasteiger partial charge on any atom is -0.368 e. The van der Waals surface area contributed by atoms with E-state index >= 15 is 0 Å². The highest BCUT2D eigenvalue weighted by Crippen LogP contribution is 2.35. The number of amides is 1. The quantitative estimate of drug-likeness (QED) is 0.569. The van der Waals surface area contributed by atoms with E-state index in [-0.39, 0.29) is 17.6 Å². The van der Waals surface area contributed by atoms with Gasteiger partial charge in [0.1, 0.15) is 11.7 Å². The highest BCUT2D eigenvalue weighted by Gasteiger charge is 2.33. The van der Waals surface area contributed by atoms with Crippen molar-refractivity contribution in [1.29, 1.82) is 0 Å². The standard InChI is InChI=1S/C18H24F3N3O3/c1-12(17(25)23-14-7-5-3-2-4-6-8-14)22-15-10-9-13(18(19,20)21)11-16(15)24(26)27/h9-12,14,22H,2-8H2,1H3,(H,23,25)/t12-/m1/s1. The summed E-state index contributed by atoms with van der Waals surface area (Å²) in [5, 5.41) is 16.7. The van der Waals surface area contributed by atoms with Gasteiger partial charge in [0.25, 0.3) is 5.69 Å². The molecule has 1 fully saturated rings. The van der Waals surface area contributed by atoms with E-state index in [1.165, 1.54) is 13.3 Å². The Balaban J connectivity index is 2.06. The summed E-state index contributed by atoms with van der Waals surface area (Å²) in [5.41, 5.74) is -1.94. The topological polar surface area (TPSA) is 84.3 Å². The van der Waals surface area contributed by atoms with E-state index in [2.05, 4.69) is 10.6 Å². The second-order valence-corrected chi connectivity index (χ2v) is 6.90. The van der Waals surface area contributed by atoms with Crippen LogP contribution in [0.2, 0.25) is 0 Å². The Hall–Kier alpha value is -2.32. The van der Waals surface area contributed by atoms with Crippen molar-refractivity contribution in [3.63, 3.8) is 0 Å². The maximum atomic E-state index is 12.8. The lowest BCUT2D eigenvalue weighted by molar-refractivity contribution is -0.384. The molecule has 0 aromatic heterocycles. The molecule has 1 aromatic rings. The molecule has 1 aliphatic rings. The second kappa shape index (κ2) is 9.05. The van der Waals surface area contributed by atoms with Gasteiger partial charge in [-0.3, -0.25) is 14.9 Å². The number of nitro benzene ring substituents is 1. The van der Waals surface area contributed by atoms with Gasteiger partial charge in [0.15, 0.2) is 0 Å². The van der Waals surface area contributed by atoms with Crippen LogP contribution < -0.4 is 10.6 Å². The first-order chi connectivity index (χ1) is 12.7. The summed E-state index contributed by atoms with van der Waals surface area (Å²) in [6, 6.07) is 1.47. The molecule has 1 atom stereocenters. The van der Waals surface area contributed by atoms with Crippen LogP contribution in [0.15, 0.2) is 18.2 Å². The number of nitrogens with one attached hydrogen (secondary N) is 2. The number of halogens is 3. The summed E-state index contributed by atoms with van der Waals surface area (Å²) in [6.45, 7) is 1.53. The minimum atomic E-state index is -4.68. The third-order valence-corrected chi connectivity index (χ3v) is 4.74. The maximum absolute atomic E-state index is 12.8. The molecule has 0 bridgehead atoms. The van der Waals surface area contributed by atoms with Crippen molar-refractivity contribution in [1.82, 2.24) is 5.32 Å². The van der Waals surface area contributed by atoms with E-state index in [0.717, 1.165) is 50.7 Å². The molecule has 1 aromatic carbocycles. The molecule has 1 amide bonds. The first-order valence-electron chi connectivity index (χ1n) is 9.11. The zero-order valence-electron chi connectivity index (χ0n) is 15.1. The van der Waals surface area contributed by atoms with Crippen molar-refractivity contribution < 1.29 is 22.9 Å². The van der Waals surface area contributed by atoms with E-state index < -0.39 is 28.4 Å². The van der Waals surface area contributed by atoms with E-state index in [4.69, 9.17) is 0 Å². The predicted octanol–water partition coefficient (Wildman–Crippen LogP) is 4.64. The van der Waals surface area contributed by atoms with Crippen LogP contribution in [0.25, 0.3) is 0 Å². The normalized spacial score (nSPS) is 17.5. The van der Waals surface area contributed by atoms with E-state index in [1.807, 2.05) is 0 Å². The summed E-state index contributed by atoms with van der Waals surface area (Å²) in [7, 11) is 0. The molecule has 9 heteroatoms. The number of carbonyl (C=O) groups excluding carboxylic acids is 1. The van der Waals surface area contributed by atoms with Crippen molar-refractivity contribution in [3.05, 3.63) is 33.9 Å². The molecular formula is C18H24F3N3O3. The molecule has 0 radical (unpaired) electrons. The van der Waals surface area contributed by atoms with Crippen molar-refractivity contribution in [2.24, 2.45) is 0 Å². The van der Waals surface area contributed by atoms with Gasteiger partial charge in [-0.05, 0) is 31.9 Å². The van der Waals surface area contributed by atoms with Gasteiger partial charge in [0, 0.05) is 12.1 Å². The Bertz CT molecular complexity index is 672. The summed E-state index contributed by atoms with van der Waals surface area (Å²) < 4.78 is 38.3. The number of alkyl halides is 3. The molecule has 27 heavy (non-hydrogen) atoms. The monoisotopic (exact) mass is 387 g/mol. The van der Waals surface area contributed by atoms with Crippen LogP contribution in [0.4, 0.5) is 24.5 Å². The Morgan fingerprint density at radius 1 is 1.19 bits per heavy atom. The average Bonchev–Trinajstić information content (AvgIpc) is 2.56. The molecule has 0 heterocycles. The highest BCUT2D eigenvalue weighted by molar-refractivity contribution is 5.85. The fourth-order valence-corrected chi connectivity index (χ4v) is 3.21. The molecule has 0 saturated heterocycles. The summed E-state index contributed by atoms with van der Waals surface area (Å²) >= 11 is 0. The van der Waals surface area contributed by atoms with E-state index in [1.54, 1.807) is 0 Å². The van der Waals surface area contributed by atoms with Crippen molar-refractivity contribution in [2.75, 3.05) is 5.32 Å². The Morgan fingerprint density at radius 2 is 1.78 bits per heavy atom. The number of nitrogens with zero attached hydrogens (tertiary/aromatic N) is 1. The van der Waals surface area contributed by atoms with Crippen LogP contribution >= 0.6 is 0 Å². The lowest BCUT2D eigenvalue weighted by atomic mass is 9.96. The minimum absolute atomic E-state index is 0.0599. The van der Waals surface area contributed by atoms with Gasteiger partial charge >= 0.3 is 6.18 Å². The molecule has 0 aliphatic heterocycles. The zero-order valence-corrected chi connectivity index (χ0v) is 15.1. The van der Waals surface area contributed by atoms with Gasteiger partial charge in [0.05, 0.1) is 10.5 Å². The van der Waals surface area contributed by atoms with Crippen LogP contribution in [-0.4, -0.2) is 22.9 Å². The molecule has 1 saturated carbocycles. The van der Waals surface area contributed by atoms with Gasteiger partial charge < -0.3 is 10.6 Å². The Morgan fingerprint density at radius 3 is 2.33 bits per heavy atom. The van der Waals surface area contributed by atoms with Crippen molar-refractivity contribution in [3.8, 4) is 0 Å². The summed E-state index contributed by atoms with van der Waals surface area (Å²) in [4.78, 5) is 22.6. The van der Waals surface area contributed by atoms with Gasteiger partial charge in [0.2, 0.25) is 5.91 Å². The second-order valence-electron chi connectivity index (χ2n) is 6.90. The molecular weight excluding hydrogens is 363 g/mol. The molecule has 2 N–H and O–H groups in total. The maximum Gasteiger partial charge on any atom is 0.416 e. The number of nitro groups is 1. The molecule has 150 valence electrons. The van der Waals surface area contributed by atoms with Crippen LogP contribution in [0.1, 0.15) is 57.4 Å². The van der Waals surface area contributed by atoms with Crippen molar-refractivity contribution >= 4 is 17.3 Å². The molecule has 0 unspecified atom stereocenters. The number of hydrogen-bond donors (Lipinski definition) is 2. The van der Waals surface area contributed by atoms with Gasteiger partial charge in [-0.15, -0.1) is 0 Å².